The van der Waals surface area contributed by atoms with E-state index in [1.165, 1.54) is 19.3 Å². The number of unbranched alkanes of at least 4 members (excludes halogenated alkanes) is 2. The van der Waals surface area contributed by atoms with Crippen molar-refractivity contribution in [1.29, 1.82) is 0 Å². The van der Waals surface area contributed by atoms with Gasteiger partial charge >= 0.3 is 0 Å². The van der Waals surface area contributed by atoms with E-state index in [1.807, 2.05) is 24.3 Å². The summed E-state index contributed by atoms with van der Waals surface area (Å²) in [6, 6.07) is 7.52. The number of aromatic nitrogens is 2. The summed E-state index contributed by atoms with van der Waals surface area (Å²) in [7, 11) is 0. The van der Waals surface area contributed by atoms with Crippen LogP contribution in [0.3, 0.4) is 0 Å². The van der Waals surface area contributed by atoms with Crippen molar-refractivity contribution in [2.75, 3.05) is 0 Å². The normalized spacial score (nSPS) is 11.3. The fourth-order valence-corrected chi connectivity index (χ4v) is 2.28. The summed E-state index contributed by atoms with van der Waals surface area (Å²) >= 11 is 0. The van der Waals surface area contributed by atoms with E-state index in [9.17, 15) is 4.79 Å². The number of hydrogen-bond donors (Lipinski definition) is 0. The van der Waals surface area contributed by atoms with Gasteiger partial charge in [-0.2, -0.15) is 0 Å². The smallest absolute Gasteiger partial charge is 0.261 e. The first-order valence-corrected chi connectivity index (χ1v) is 7.12. The molecule has 0 aliphatic carbocycles. The number of benzene rings is 1. The summed E-state index contributed by atoms with van der Waals surface area (Å²) in [4.78, 5) is 16.6. The number of aryl methyl sites for hydroxylation is 1. The second-order valence-corrected chi connectivity index (χ2v) is 5.50. The van der Waals surface area contributed by atoms with Crippen molar-refractivity contribution < 1.29 is 0 Å². The van der Waals surface area contributed by atoms with Crippen LogP contribution in [0.4, 0.5) is 0 Å². The minimum absolute atomic E-state index is 0.0782. The largest absolute Gasteiger partial charge is 0.299 e. The van der Waals surface area contributed by atoms with Gasteiger partial charge in [-0.25, -0.2) is 4.98 Å². The summed E-state index contributed by atoms with van der Waals surface area (Å²) in [6.45, 7) is 5.27. The highest BCUT2D eigenvalue weighted by molar-refractivity contribution is 5.76. The van der Waals surface area contributed by atoms with Gasteiger partial charge in [0.25, 0.3) is 5.56 Å². The molecule has 0 spiro atoms. The monoisotopic (exact) mass is 258 g/mol. The van der Waals surface area contributed by atoms with Gasteiger partial charge in [0, 0.05) is 6.54 Å². The van der Waals surface area contributed by atoms with E-state index in [-0.39, 0.29) is 5.56 Å². The lowest BCUT2D eigenvalue weighted by molar-refractivity contribution is 0.503. The van der Waals surface area contributed by atoms with Crippen LogP contribution in [0.2, 0.25) is 0 Å². The van der Waals surface area contributed by atoms with Gasteiger partial charge in [0.2, 0.25) is 0 Å². The van der Waals surface area contributed by atoms with Gasteiger partial charge < -0.3 is 0 Å². The van der Waals surface area contributed by atoms with E-state index >= 15 is 0 Å². The third-order valence-corrected chi connectivity index (χ3v) is 3.41. The average Bonchev–Trinajstić information content (AvgIpc) is 2.41. The number of fused-ring (bicyclic) bond motifs is 1. The van der Waals surface area contributed by atoms with Crippen molar-refractivity contribution >= 4 is 10.9 Å². The molecule has 1 aromatic heterocycles. The molecule has 3 heteroatoms. The van der Waals surface area contributed by atoms with Gasteiger partial charge in [0.05, 0.1) is 17.2 Å². The van der Waals surface area contributed by atoms with Crippen molar-refractivity contribution in [3.05, 3.63) is 40.9 Å². The highest BCUT2D eigenvalue weighted by Gasteiger charge is 2.02. The van der Waals surface area contributed by atoms with Gasteiger partial charge in [0.15, 0.2) is 0 Å². The van der Waals surface area contributed by atoms with Crippen LogP contribution in [-0.2, 0) is 6.54 Å². The molecule has 102 valence electrons. The SMILES string of the molecule is CC(C)CCCCCn1cnc2ccccc2c1=O. The van der Waals surface area contributed by atoms with E-state index < -0.39 is 0 Å². The summed E-state index contributed by atoms with van der Waals surface area (Å²) in [5.74, 6) is 0.769. The second-order valence-electron chi connectivity index (χ2n) is 5.50. The van der Waals surface area contributed by atoms with Gasteiger partial charge in [-0.3, -0.25) is 9.36 Å². The molecule has 0 aliphatic heterocycles. The number of para-hydroxylation sites is 1. The average molecular weight is 258 g/mol. The molecule has 2 rings (SSSR count). The molecule has 0 unspecified atom stereocenters. The Hall–Kier alpha value is -1.64. The molecule has 0 aliphatic rings. The molecule has 0 fully saturated rings. The molecule has 0 radical (unpaired) electrons. The Morgan fingerprint density at radius 1 is 1.16 bits per heavy atom. The third kappa shape index (κ3) is 3.66. The Morgan fingerprint density at radius 2 is 1.95 bits per heavy atom. The minimum Gasteiger partial charge on any atom is -0.299 e. The summed E-state index contributed by atoms with van der Waals surface area (Å²) < 4.78 is 1.73. The quantitative estimate of drug-likeness (QED) is 0.742. The standard InChI is InChI=1S/C16H22N2O/c1-13(2)8-4-3-7-11-18-12-17-15-10-6-5-9-14(15)16(18)19/h5-6,9-10,12-13H,3-4,7-8,11H2,1-2H3. The lowest BCUT2D eigenvalue weighted by Crippen LogP contribution is -2.20. The number of rotatable bonds is 6. The molecule has 19 heavy (non-hydrogen) atoms. The van der Waals surface area contributed by atoms with Crippen molar-refractivity contribution in [2.45, 2.75) is 46.1 Å². The second kappa shape index (κ2) is 6.50. The van der Waals surface area contributed by atoms with E-state index in [1.54, 1.807) is 10.9 Å². The van der Waals surface area contributed by atoms with E-state index in [0.29, 0.717) is 5.39 Å². The molecule has 0 bridgehead atoms. The Kier molecular flexibility index (Phi) is 4.72. The molecule has 0 atom stereocenters. The zero-order chi connectivity index (χ0) is 13.7. The van der Waals surface area contributed by atoms with E-state index in [0.717, 1.165) is 24.4 Å². The van der Waals surface area contributed by atoms with Crippen molar-refractivity contribution in [3.63, 3.8) is 0 Å². The van der Waals surface area contributed by atoms with Crippen molar-refractivity contribution in [2.24, 2.45) is 5.92 Å². The van der Waals surface area contributed by atoms with Crippen LogP contribution >= 0.6 is 0 Å². The summed E-state index contributed by atoms with van der Waals surface area (Å²) in [5.41, 5.74) is 0.859. The zero-order valence-corrected chi connectivity index (χ0v) is 11.8. The first-order valence-electron chi connectivity index (χ1n) is 7.12. The Labute approximate surface area is 114 Å². The van der Waals surface area contributed by atoms with Gasteiger partial charge in [-0.15, -0.1) is 0 Å². The number of hydrogen-bond acceptors (Lipinski definition) is 2. The Bertz CT molecular complexity index is 587. The molecule has 1 heterocycles. The zero-order valence-electron chi connectivity index (χ0n) is 11.8. The maximum Gasteiger partial charge on any atom is 0.261 e. The molecule has 2 aromatic rings. The maximum atomic E-state index is 12.2. The molecule has 1 aromatic carbocycles. The highest BCUT2D eigenvalue weighted by atomic mass is 16.1. The summed E-state index contributed by atoms with van der Waals surface area (Å²) in [6.07, 6.45) is 6.41. The fraction of sp³-hybridized carbons (Fsp3) is 0.500. The minimum atomic E-state index is 0.0782. The lowest BCUT2D eigenvalue weighted by atomic mass is 10.1. The predicted molar refractivity (Wildman–Crippen MR) is 79.3 cm³/mol. The van der Waals surface area contributed by atoms with E-state index in [2.05, 4.69) is 18.8 Å². The Balaban J connectivity index is 1.98. The van der Waals surface area contributed by atoms with Crippen LogP contribution in [-0.4, -0.2) is 9.55 Å². The highest BCUT2D eigenvalue weighted by Crippen LogP contribution is 2.09. The Morgan fingerprint density at radius 3 is 2.74 bits per heavy atom. The van der Waals surface area contributed by atoms with E-state index in [4.69, 9.17) is 0 Å². The van der Waals surface area contributed by atoms with Crippen molar-refractivity contribution in [1.82, 2.24) is 9.55 Å². The van der Waals surface area contributed by atoms with Gasteiger partial charge in [-0.05, 0) is 24.5 Å². The molecule has 0 saturated carbocycles. The predicted octanol–water partition coefficient (Wildman–Crippen LogP) is 3.61. The van der Waals surface area contributed by atoms with Gasteiger partial charge in [0.1, 0.15) is 0 Å². The van der Waals surface area contributed by atoms with Crippen LogP contribution in [0.25, 0.3) is 10.9 Å². The van der Waals surface area contributed by atoms with Crippen LogP contribution in [0.15, 0.2) is 35.4 Å². The summed E-state index contributed by atoms with van der Waals surface area (Å²) in [5, 5.41) is 0.715. The van der Waals surface area contributed by atoms with Crippen LogP contribution < -0.4 is 5.56 Å². The molecule has 0 N–H and O–H groups in total. The molecular weight excluding hydrogens is 236 g/mol. The first kappa shape index (κ1) is 13.8. The van der Waals surface area contributed by atoms with Crippen molar-refractivity contribution in [3.8, 4) is 0 Å². The molecule has 0 amide bonds. The molecule has 0 saturated heterocycles. The maximum absolute atomic E-state index is 12.2. The molecular formula is C16H22N2O. The van der Waals surface area contributed by atoms with Crippen LogP contribution in [0, 0.1) is 5.92 Å². The lowest BCUT2D eigenvalue weighted by Gasteiger charge is -2.07. The van der Waals surface area contributed by atoms with Crippen LogP contribution in [0.1, 0.15) is 39.5 Å². The molecule has 3 nitrogen and oxygen atoms in total. The third-order valence-electron chi connectivity index (χ3n) is 3.41. The van der Waals surface area contributed by atoms with Gasteiger partial charge in [-0.1, -0.05) is 45.2 Å². The fourth-order valence-electron chi connectivity index (χ4n) is 2.28. The first-order chi connectivity index (χ1) is 9.18. The topological polar surface area (TPSA) is 34.9 Å². The number of nitrogens with zero attached hydrogens (tertiary/aromatic N) is 2. The van der Waals surface area contributed by atoms with Crippen LogP contribution in [0.5, 0.6) is 0 Å².